The monoisotopic (exact) mass is 267 g/mol. The number of hydrogen-bond acceptors (Lipinski definition) is 2. The van der Waals surface area contributed by atoms with E-state index in [2.05, 4.69) is 19.9 Å². The van der Waals surface area contributed by atoms with Crippen LogP contribution in [0, 0.1) is 5.92 Å². The molecule has 4 heteroatoms. The van der Waals surface area contributed by atoms with E-state index in [-0.39, 0.29) is 5.75 Å². The molecule has 0 radical (unpaired) electrons. The van der Waals surface area contributed by atoms with Gasteiger partial charge in [0, 0.05) is 12.5 Å². The maximum absolute atomic E-state index is 12.3. The summed E-state index contributed by atoms with van der Waals surface area (Å²) < 4.78 is 26.2. The number of nitrogens with zero attached hydrogens (tertiary/aromatic N) is 1. The summed E-state index contributed by atoms with van der Waals surface area (Å²) in [5.41, 5.74) is 2.05. The predicted molar refractivity (Wildman–Crippen MR) is 75.4 cm³/mol. The van der Waals surface area contributed by atoms with Crippen LogP contribution >= 0.6 is 0 Å². The average Bonchev–Trinajstić information content (AvgIpc) is 2.69. The molecule has 1 aromatic rings. The van der Waals surface area contributed by atoms with Crippen molar-refractivity contribution in [3.8, 4) is 0 Å². The molecule has 0 amide bonds. The highest BCUT2D eigenvalue weighted by Gasteiger charge is 2.35. The van der Waals surface area contributed by atoms with Crippen molar-refractivity contribution in [3.05, 3.63) is 29.8 Å². The van der Waals surface area contributed by atoms with Crippen LogP contribution in [-0.4, -0.2) is 20.7 Å². The van der Waals surface area contributed by atoms with E-state index < -0.39 is 10.0 Å². The van der Waals surface area contributed by atoms with Gasteiger partial charge in [0.2, 0.25) is 10.0 Å². The lowest BCUT2D eigenvalue weighted by atomic mass is 9.90. The molecule has 100 valence electrons. The fourth-order valence-corrected chi connectivity index (χ4v) is 4.20. The summed E-state index contributed by atoms with van der Waals surface area (Å²) >= 11 is 0. The van der Waals surface area contributed by atoms with Gasteiger partial charge < -0.3 is 0 Å². The summed E-state index contributed by atoms with van der Waals surface area (Å²) in [5, 5.41) is 0. The zero-order valence-electron chi connectivity index (χ0n) is 11.3. The van der Waals surface area contributed by atoms with Crippen LogP contribution in [0.15, 0.2) is 24.3 Å². The molecular formula is C14H21NO2S. The Morgan fingerprint density at radius 1 is 1.33 bits per heavy atom. The van der Waals surface area contributed by atoms with Crippen LogP contribution < -0.4 is 4.31 Å². The van der Waals surface area contributed by atoms with Crippen LogP contribution in [0.25, 0.3) is 0 Å². The number of para-hydroxylation sites is 1. The minimum atomic E-state index is -3.16. The molecule has 0 bridgehead atoms. The van der Waals surface area contributed by atoms with E-state index in [0.717, 1.165) is 5.69 Å². The molecule has 3 nitrogen and oxygen atoms in total. The summed E-state index contributed by atoms with van der Waals surface area (Å²) in [6.45, 7) is 6.80. The number of anilines is 1. The summed E-state index contributed by atoms with van der Waals surface area (Å²) in [7, 11) is -3.16. The van der Waals surface area contributed by atoms with Crippen LogP contribution in [-0.2, 0) is 10.0 Å². The third-order valence-corrected chi connectivity index (χ3v) is 5.51. The van der Waals surface area contributed by atoms with E-state index >= 15 is 0 Å². The Morgan fingerprint density at radius 2 is 2.00 bits per heavy atom. The molecular weight excluding hydrogens is 246 g/mol. The van der Waals surface area contributed by atoms with E-state index in [4.69, 9.17) is 0 Å². The summed E-state index contributed by atoms with van der Waals surface area (Å²) in [6.07, 6.45) is 0.660. The van der Waals surface area contributed by atoms with Gasteiger partial charge in [-0.05, 0) is 24.0 Å². The van der Waals surface area contributed by atoms with Gasteiger partial charge in [-0.1, -0.05) is 39.0 Å². The van der Waals surface area contributed by atoms with Gasteiger partial charge in [-0.15, -0.1) is 0 Å². The maximum atomic E-state index is 12.3. The van der Waals surface area contributed by atoms with E-state index in [1.54, 1.807) is 4.31 Å². The Balaban J connectivity index is 2.43. The highest BCUT2D eigenvalue weighted by molar-refractivity contribution is 7.92. The molecule has 0 saturated heterocycles. The second-order valence-electron chi connectivity index (χ2n) is 5.26. The Kier molecular flexibility index (Phi) is 3.66. The van der Waals surface area contributed by atoms with Crippen LogP contribution in [0.4, 0.5) is 5.69 Å². The van der Waals surface area contributed by atoms with Crippen molar-refractivity contribution >= 4 is 15.7 Å². The molecule has 0 spiro atoms. The van der Waals surface area contributed by atoms with Crippen LogP contribution in [0.3, 0.4) is 0 Å². The van der Waals surface area contributed by atoms with Gasteiger partial charge in [-0.25, -0.2) is 8.42 Å². The van der Waals surface area contributed by atoms with E-state index in [1.807, 2.05) is 25.1 Å². The van der Waals surface area contributed by atoms with E-state index in [9.17, 15) is 8.42 Å². The van der Waals surface area contributed by atoms with Crippen molar-refractivity contribution in [2.45, 2.75) is 33.1 Å². The minimum Gasteiger partial charge on any atom is -0.269 e. The molecule has 18 heavy (non-hydrogen) atoms. The normalized spacial score (nSPS) is 19.3. The molecule has 0 fully saturated rings. The maximum Gasteiger partial charge on any atom is 0.235 e. The molecule has 1 aliphatic rings. The molecule has 0 aliphatic carbocycles. The molecule has 0 saturated carbocycles. The van der Waals surface area contributed by atoms with Gasteiger partial charge in [-0.3, -0.25) is 4.31 Å². The molecule has 1 aromatic carbocycles. The topological polar surface area (TPSA) is 37.4 Å². The van der Waals surface area contributed by atoms with Gasteiger partial charge in [0.1, 0.15) is 0 Å². The second-order valence-corrected chi connectivity index (χ2v) is 7.27. The summed E-state index contributed by atoms with van der Waals surface area (Å²) in [6, 6.07) is 7.88. The number of benzene rings is 1. The first-order valence-corrected chi connectivity index (χ1v) is 8.17. The van der Waals surface area contributed by atoms with Crippen LogP contribution in [0.1, 0.15) is 38.7 Å². The molecule has 0 N–H and O–H groups in total. The van der Waals surface area contributed by atoms with Gasteiger partial charge in [0.05, 0.1) is 11.4 Å². The van der Waals surface area contributed by atoms with E-state index in [0.29, 0.717) is 24.8 Å². The zero-order chi connectivity index (χ0) is 13.3. The minimum absolute atomic E-state index is 0.228. The third kappa shape index (κ3) is 2.26. The first-order chi connectivity index (χ1) is 8.47. The summed E-state index contributed by atoms with van der Waals surface area (Å²) in [5.74, 6) is 0.993. The van der Waals surface area contributed by atoms with Crippen molar-refractivity contribution < 1.29 is 8.42 Å². The Bertz CT molecular complexity index is 522. The first kappa shape index (κ1) is 13.4. The van der Waals surface area contributed by atoms with Crippen molar-refractivity contribution in [2.75, 3.05) is 16.6 Å². The smallest absolute Gasteiger partial charge is 0.235 e. The van der Waals surface area contributed by atoms with Crippen LogP contribution in [0.5, 0.6) is 0 Å². The van der Waals surface area contributed by atoms with Crippen molar-refractivity contribution in [1.29, 1.82) is 0 Å². The first-order valence-electron chi connectivity index (χ1n) is 6.56. The van der Waals surface area contributed by atoms with E-state index in [1.165, 1.54) is 5.56 Å². The SMILES string of the molecule is CCCS(=O)(=O)N1CC(C(C)C)c2ccccc21. The van der Waals surface area contributed by atoms with Crippen molar-refractivity contribution in [1.82, 2.24) is 0 Å². The Morgan fingerprint density at radius 3 is 2.61 bits per heavy atom. The Labute approximate surface area is 110 Å². The second kappa shape index (κ2) is 4.92. The van der Waals surface area contributed by atoms with Crippen molar-refractivity contribution in [2.24, 2.45) is 5.92 Å². The highest BCUT2D eigenvalue weighted by Crippen LogP contribution is 2.41. The van der Waals surface area contributed by atoms with Gasteiger partial charge in [-0.2, -0.15) is 0 Å². The third-order valence-electron chi connectivity index (χ3n) is 3.57. The molecule has 1 aliphatic heterocycles. The number of sulfonamides is 1. The fourth-order valence-electron chi connectivity index (χ4n) is 2.61. The van der Waals surface area contributed by atoms with Gasteiger partial charge in [0.15, 0.2) is 0 Å². The molecule has 1 heterocycles. The fraction of sp³-hybridized carbons (Fsp3) is 0.571. The lowest BCUT2D eigenvalue weighted by Crippen LogP contribution is -2.32. The number of rotatable bonds is 4. The van der Waals surface area contributed by atoms with Gasteiger partial charge in [0.25, 0.3) is 0 Å². The summed E-state index contributed by atoms with van der Waals surface area (Å²) in [4.78, 5) is 0. The predicted octanol–water partition coefficient (Wildman–Crippen LogP) is 2.99. The standard InChI is InChI=1S/C14H21NO2S/c1-4-9-18(16,17)15-10-13(11(2)3)12-7-5-6-8-14(12)15/h5-8,11,13H,4,9-10H2,1-3H3. The molecule has 1 atom stereocenters. The molecule has 2 rings (SSSR count). The number of fused-ring (bicyclic) bond motifs is 1. The van der Waals surface area contributed by atoms with Gasteiger partial charge >= 0.3 is 0 Å². The lowest BCUT2D eigenvalue weighted by Gasteiger charge is -2.20. The molecule has 1 unspecified atom stereocenters. The van der Waals surface area contributed by atoms with Crippen molar-refractivity contribution in [3.63, 3.8) is 0 Å². The van der Waals surface area contributed by atoms with Crippen LogP contribution in [0.2, 0.25) is 0 Å². The lowest BCUT2D eigenvalue weighted by molar-refractivity contribution is 0.522. The average molecular weight is 267 g/mol. The zero-order valence-corrected chi connectivity index (χ0v) is 12.1. The quantitative estimate of drug-likeness (QED) is 0.841. The highest BCUT2D eigenvalue weighted by atomic mass is 32.2. The molecule has 0 aromatic heterocycles. The largest absolute Gasteiger partial charge is 0.269 e. The number of hydrogen-bond donors (Lipinski definition) is 0. The Hall–Kier alpha value is -1.03.